The summed E-state index contributed by atoms with van der Waals surface area (Å²) in [4.78, 5) is 37.6. The van der Waals surface area contributed by atoms with Gasteiger partial charge in [-0.1, -0.05) is 12.6 Å². The summed E-state index contributed by atoms with van der Waals surface area (Å²) >= 11 is 0. The van der Waals surface area contributed by atoms with E-state index in [1.165, 1.54) is 6.08 Å². The molecule has 1 aliphatic heterocycles. The zero-order chi connectivity index (χ0) is 26.5. The van der Waals surface area contributed by atoms with Crippen LogP contribution in [0.4, 0.5) is 27.4 Å². The molecule has 194 valence electrons. The number of alkyl halides is 1. The van der Waals surface area contributed by atoms with Crippen LogP contribution in [-0.2, 0) is 4.79 Å². The number of aldehydes is 1. The predicted octanol–water partition coefficient (Wildman–Crippen LogP) is 4.50. The maximum absolute atomic E-state index is 12.5. The molecule has 4 aromatic rings. The van der Waals surface area contributed by atoms with Crippen LogP contribution in [-0.4, -0.2) is 64.4 Å². The fourth-order valence-corrected chi connectivity index (χ4v) is 4.17. The Balaban J connectivity index is 1.34. The van der Waals surface area contributed by atoms with Crippen molar-refractivity contribution >= 4 is 46.2 Å². The summed E-state index contributed by atoms with van der Waals surface area (Å²) in [7, 11) is 0. The van der Waals surface area contributed by atoms with E-state index in [0.29, 0.717) is 46.1 Å². The quantitative estimate of drug-likeness (QED) is 0.170. The first kappa shape index (κ1) is 24.9. The molecule has 0 spiro atoms. The number of ether oxygens (including phenoxy) is 1. The van der Waals surface area contributed by atoms with E-state index in [-0.39, 0.29) is 24.6 Å². The normalized spacial score (nSPS) is 13.5. The van der Waals surface area contributed by atoms with E-state index in [9.17, 15) is 14.0 Å². The van der Waals surface area contributed by atoms with E-state index in [0.717, 1.165) is 25.1 Å². The van der Waals surface area contributed by atoms with Crippen molar-refractivity contribution in [1.29, 1.82) is 0 Å². The second-order valence-corrected chi connectivity index (χ2v) is 8.75. The van der Waals surface area contributed by atoms with Crippen molar-refractivity contribution in [3.8, 4) is 11.6 Å². The van der Waals surface area contributed by atoms with Crippen LogP contribution in [0, 0.1) is 0 Å². The Morgan fingerprint density at radius 1 is 1.18 bits per heavy atom. The van der Waals surface area contributed by atoms with Gasteiger partial charge in [0.1, 0.15) is 18.1 Å². The Kier molecular flexibility index (Phi) is 7.27. The Morgan fingerprint density at radius 3 is 2.84 bits per heavy atom. The molecule has 2 aromatic heterocycles. The van der Waals surface area contributed by atoms with Crippen molar-refractivity contribution in [2.24, 2.45) is 0 Å². The Labute approximate surface area is 217 Å². The summed E-state index contributed by atoms with van der Waals surface area (Å²) in [6, 6.07) is 14.3. The van der Waals surface area contributed by atoms with Crippen LogP contribution in [0.15, 0.2) is 67.4 Å². The van der Waals surface area contributed by atoms with Crippen LogP contribution in [0.3, 0.4) is 0 Å². The third-order valence-corrected chi connectivity index (χ3v) is 6.04. The van der Waals surface area contributed by atoms with E-state index >= 15 is 0 Å². The molecule has 0 atom stereocenters. The lowest BCUT2D eigenvalue weighted by Crippen LogP contribution is -2.55. The minimum absolute atomic E-state index is 0.210. The molecule has 0 bridgehead atoms. The molecule has 1 aliphatic rings. The minimum atomic E-state index is -0.355. The first-order valence-corrected chi connectivity index (χ1v) is 12.0. The number of anilines is 4. The van der Waals surface area contributed by atoms with Crippen molar-refractivity contribution in [2.75, 3.05) is 42.3 Å². The molecule has 4 N–H and O–H groups in total. The van der Waals surface area contributed by atoms with Gasteiger partial charge in [-0.25, -0.2) is 4.39 Å². The van der Waals surface area contributed by atoms with Crippen molar-refractivity contribution in [3.63, 3.8) is 0 Å². The molecule has 0 aliphatic carbocycles. The van der Waals surface area contributed by atoms with Crippen LogP contribution >= 0.6 is 0 Å². The molecule has 0 unspecified atom stereocenters. The van der Waals surface area contributed by atoms with Crippen molar-refractivity contribution < 1.29 is 18.7 Å². The van der Waals surface area contributed by atoms with Crippen molar-refractivity contribution in [2.45, 2.75) is 6.04 Å². The number of H-pyrrole nitrogens is 1. The van der Waals surface area contributed by atoms with Gasteiger partial charge >= 0.3 is 0 Å². The number of halogens is 1. The van der Waals surface area contributed by atoms with E-state index < -0.39 is 0 Å². The number of carbonyl (C=O) groups is 2. The first-order valence-electron chi connectivity index (χ1n) is 12.0. The highest BCUT2D eigenvalue weighted by Crippen LogP contribution is 2.31. The molecule has 1 amide bonds. The number of likely N-dealkylation sites (tertiary alicyclic amines) is 1. The standard InChI is InChI=1S/C27H26FN7O3/c1-2-24(37)31-18-4-3-5-21(13-18)38-26-22-8-10-29-25(22)33-27(34-26)32-23-7-6-19(12-17(23)16-36)30-20-14-35(15-20)11-9-28/h2-8,10,12-13,16,20,30H,1,9,11,14-15H2,(H,31,37)(H2,29,32,33,34). The van der Waals surface area contributed by atoms with Gasteiger partial charge in [-0.05, 0) is 42.5 Å². The molecular weight excluding hydrogens is 489 g/mol. The summed E-state index contributed by atoms with van der Waals surface area (Å²) in [6.07, 6.45) is 3.67. The number of aromatic nitrogens is 3. The number of hydrogen-bond donors (Lipinski definition) is 4. The Morgan fingerprint density at radius 2 is 2.05 bits per heavy atom. The summed E-state index contributed by atoms with van der Waals surface area (Å²) < 4.78 is 18.5. The van der Waals surface area contributed by atoms with Gasteiger partial charge in [-0.2, -0.15) is 9.97 Å². The fourth-order valence-electron chi connectivity index (χ4n) is 4.17. The van der Waals surface area contributed by atoms with Gasteiger partial charge in [-0.15, -0.1) is 0 Å². The molecule has 2 aromatic carbocycles. The van der Waals surface area contributed by atoms with E-state index in [4.69, 9.17) is 4.74 Å². The SMILES string of the molecule is C=CC(=O)Nc1cccc(Oc2nc(Nc3ccc(NC4CN(CCF)C4)cc3C=O)nc3[nH]ccc23)c1. The molecule has 1 saturated heterocycles. The highest BCUT2D eigenvalue weighted by molar-refractivity contribution is 5.99. The molecule has 11 heteroatoms. The van der Waals surface area contributed by atoms with Gasteiger partial charge in [0.2, 0.25) is 17.7 Å². The third kappa shape index (κ3) is 5.62. The van der Waals surface area contributed by atoms with Crippen LogP contribution < -0.4 is 20.7 Å². The van der Waals surface area contributed by atoms with E-state index in [2.05, 4.69) is 37.5 Å². The Hall–Kier alpha value is -4.77. The number of aromatic amines is 1. The summed E-state index contributed by atoms with van der Waals surface area (Å²) in [5.41, 5.74) is 2.85. The molecule has 1 fully saturated rings. The van der Waals surface area contributed by atoms with Gasteiger partial charge in [0.05, 0.1) is 17.1 Å². The van der Waals surface area contributed by atoms with Crippen LogP contribution in [0.1, 0.15) is 10.4 Å². The smallest absolute Gasteiger partial charge is 0.247 e. The largest absolute Gasteiger partial charge is 0.438 e. The summed E-state index contributed by atoms with van der Waals surface area (Å²) in [6.45, 7) is 5.06. The number of benzene rings is 2. The van der Waals surface area contributed by atoms with Crippen LogP contribution in [0.2, 0.25) is 0 Å². The molecule has 0 saturated carbocycles. The fraction of sp³-hybridized carbons (Fsp3) is 0.185. The van der Waals surface area contributed by atoms with Gasteiger partial charge < -0.3 is 25.7 Å². The predicted molar refractivity (Wildman–Crippen MR) is 144 cm³/mol. The third-order valence-electron chi connectivity index (χ3n) is 6.04. The van der Waals surface area contributed by atoms with Crippen molar-refractivity contribution in [1.82, 2.24) is 19.9 Å². The maximum Gasteiger partial charge on any atom is 0.247 e. The van der Waals surface area contributed by atoms with Gasteiger partial charge in [0, 0.05) is 48.8 Å². The molecule has 10 nitrogen and oxygen atoms in total. The first-order chi connectivity index (χ1) is 18.5. The number of fused-ring (bicyclic) bond motifs is 1. The molecule has 3 heterocycles. The molecule has 0 radical (unpaired) electrons. The average Bonchev–Trinajstić information content (AvgIpc) is 3.37. The number of nitrogens with zero attached hydrogens (tertiary/aromatic N) is 3. The summed E-state index contributed by atoms with van der Waals surface area (Å²) in [5.74, 6) is 0.655. The lowest BCUT2D eigenvalue weighted by Gasteiger charge is -2.39. The average molecular weight is 516 g/mol. The lowest BCUT2D eigenvalue weighted by atomic mass is 10.1. The highest BCUT2D eigenvalue weighted by atomic mass is 19.1. The van der Waals surface area contributed by atoms with Crippen molar-refractivity contribution in [3.05, 3.63) is 72.9 Å². The Bertz CT molecular complexity index is 1480. The number of amides is 1. The lowest BCUT2D eigenvalue weighted by molar-refractivity contribution is -0.111. The topological polar surface area (TPSA) is 124 Å². The van der Waals surface area contributed by atoms with Gasteiger partial charge in [-0.3, -0.25) is 14.5 Å². The highest BCUT2D eigenvalue weighted by Gasteiger charge is 2.26. The number of carbonyl (C=O) groups excluding carboxylic acids is 2. The maximum atomic E-state index is 12.5. The molecule has 38 heavy (non-hydrogen) atoms. The van der Waals surface area contributed by atoms with Crippen LogP contribution in [0.5, 0.6) is 11.6 Å². The zero-order valence-electron chi connectivity index (χ0n) is 20.4. The zero-order valence-corrected chi connectivity index (χ0v) is 20.4. The van der Waals surface area contributed by atoms with Gasteiger partial charge in [0.15, 0.2) is 6.29 Å². The second kappa shape index (κ2) is 11.1. The minimum Gasteiger partial charge on any atom is -0.438 e. The molecular formula is C27H26FN7O3. The number of nitrogens with one attached hydrogen (secondary N) is 4. The molecule has 5 rings (SSSR count). The van der Waals surface area contributed by atoms with Gasteiger partial charge in [0.25, 0.3) is 0 Å². The van der Waals surface area contributed by atoms with E-state index in [1.807, 2.05) is 11.0 Å². The number of rotatable bonds is 11. The van der Waals surface area contributed by atoms with E-state index in [1.54, 1.807) is 48.7 Å². The number of hydrogen-bond acceptors (Lipinski definition) is 8. The van der Waals surface area contributed by atoms with Crippen LogP contribution in [0.25, 0.3) is 11.0 Å². The monoisotopic (exact) mass is 515 g/mol. The second-order valence-electron chi connectivity index (χ2n) is 8.75. The summed E-state index contributed by atoms with van der Waals surface area (Å²) in [5, 5.41) is 9.84.